The number of aryl methyl sites for hydroxylation is 1. The van der Waals surface area contributed by atoms with Gasteiger partial charge in [0.15, 0.2) is 0 Å². The van der Waals surface area contributed by atoms with E-state index in [0.717, 1.165) is 0 Å². The first-order valence-electron chi connectivity index (χ1n) is 7.36. The molecule has 5 heteroatoms. The Morgan fingerprint density at radius 3 is 2.19 bits per heavy atom. The van der Waals surface area contributed by atoms with Crippen molar-refractivity contribution >= 4 is 11.8 Å². The second-order valence-corrected chi connectivity index (χ2v) is 5.48. The second-order valence-electron chi connectivity index (χ2n) is 5.48. The van der Waals surface area contributed by atoms with Crippen LogP contribution in [0.25, 0.3) is 0 Å². The number of piperazine rings is 1. The van der Waals surface area contributed by atoms with Crippen molar-refractivity contribution in [1.82, 2.24) is 15.1 Å². The van der Waals surface area contributed by atoms with Gasteiger partial charge >= 0.3 is 0 Å². The van der Waals surface area contributed by atoms with Crippen LogP contribution in [0.1, 0.15) is 18.1 Å². The van der Waals surface area contributed by atoms with E-state index in [4.69, 9.17) is 0 Å². The topological polar surface area (TPSA) is 52.7 Å². The fourth-order valence-electron chi connectivity index (χ4n) is 2.40. The number of amides is 2. The van der Waals surface area contributed by atoms with Crippen LogP contribution in [0, 0.1) is 6.92 Å². The molecule has 21 heavy (non-hydrogen) atoms. The molecular formula is C16H23N3O2. The lowest BCUT2D eigenvalue weighted by molar-refractivity contribution is -0.137. The van der Waals surface area contributed by atoms with E-state index < -0.39 is 0 Å². The number of carbonyl (C=O) groups is 2. The van der Waals surface area contributed by atoms with Crippen molar-refractivity contribution in [3.05, 3.63) is 35.4 Å². The van der Waals surface area contributed by atoms with E-state index in [2.05, 4.69) is 36.5 Å². The third-order valence-corrected chi connectivity index (χ3v) is 3.80. The van der Waals surface area contributed by atoms with E-state index in [0.29, 0.717) is 39.3 Å². The third kappa shape index (κ3) is 4.56. The van der Waals surface area contributed by atoms with E-state index in [1.807, 2.05) is 4.90 Å². The first-order valence-corrected chi connectivity index (χ1v) is 7.36. The normalized spacial score (nSPS) is 15.1. The highest BCUT2D eigenvalue weighted by atomic mass is 16.2. The van der Waals surface area contributed by atoms with Gasteiger partial charge in [-0.15, -0.1) is 0 Å². The minimum Gasteiger partial charge on any atom is -0.339 e. The number of nitrogens with one attached hydrogen (secondary N) is 1. The van der Waals surface area contributed by atoms with Crippen molar-refractivity contribution in [2.24, 2.45) is 0 Å². The lowest BCUT2D eigenvalue weighted by atomic mass is 10.1. The molecule has 1 fully saturated rings. The third-order valence-electron chi connectivity index (χ3n) is 3.80. The average molecular weight is 289 g/mol. The molecule has 0 bridgehead atoms. The van der Waals surface area contributed by atoms with Gasteiger partial charge in [0.05, 0.1) is 6.54 Å². The summed E-state index contributed by atoms with van der Waals surface area (Å²) in [7, 11) is 0. The number of hydrogen-bond acceptors (Lipinski definition) is 3. The molecule has 1 saturated heterocycles. The van der Waals surface area contributed by atoms with Gasteiger partial charge in [0.2, 0.25) is 11.8 Å². The summed E-state index contributed by atoms with van der Waals surface area (Å²) in [4.78, 5) is 26.9. The van der Waals surface area contributed by atoms with Crippen LogP contribution in [0.2, 0.25) is 0 Å². The van der Waals surface area contributed by atoms with Crippen molar-refractivity contribution in [1.29, 1.82) is 0 Å². The molecule has 0 aliphatic carbocycles. The van der Waals surface area contributed by atoms with Gasteiger partial charge in [-0.25, -0.2) is 0 Å². The molecule has 0 unspecified atom stereocenters. The van der Waals surface area contributed by atoms with Crippen LogP contribution in [0.5, 0.6) is 0 Å². The maximum absolute atomic E-state index is 12.1. The smallest absolute Gasteiger partial charge is 0.236 e. The summed E-state index contributed by atoms with van der Waals surface area (Å²) in [6.07, 6.45) is 0. The molecule has 0 spiro atoms. The lowest BCUT2D eigenvalue weighted by Crippen LogP contribution is -2.51. The molecular weight excluding hydrogens is 266 g/mol. The fourth-order valence-corrected chi connectivity index (χ4v) is 2.40. The first kappa shape index (κ1) is 15.5. The van der Waals surface area contributed by atoms with Crippen LogP contribution in [-0.4, -0.2) is 54.3 Å². The van der Waals surface area contributed by atoms with Gasteiger partial charge in [0.1, 0.15) is 0 Å². The second kappa shape index (κ2) is 7.22. The average Bonchev–Trinajstić information content (AvgIpc) is 2.49. The number of nitrogens with zero attached hydrogens (tertiary/aromatic N) is 2. The summed E-state index contributed by atoms with van der Waals surface area (Å²) >= 11 is 0. The highest BCUT2D eigenvalue weighted by Crippen LogP contribution is 2.04. The van der Waals surface area contributed by atoms with Crippen LogP contribution < -0.4 is 5.32 Å². The standard InChI is InChI=1S/C16H23N3O2/c1-13-3-5-15(6-4-13)11-17-12-16(21)19-9-7-18(8-10-19)14(2)20/h3-6,17H,7-12H2,1-2H3. The minimum absolute atomic E-state index is 0.0830. The highest BCUT2D eigenvalue weighted by molar-refractivity contribution is 5.79. The molecule has 2 rings (SSSR count). The van der Waals surface area contributed by atoms with Crippen LogP contribution in [0.4, 0.5) is 0 Å². The summed E-state index contributed by atoms with van der Waals surface area (Å²) in [6, 6.07) is 8.27. The monoisotopic (exact) mass is 289 g/mol. The number of rotatable bonds is 4. The Morgan fingerprint density at radius 1 is 1.05 bits per heavy atom. The molecule has 1 heterocycles. The number of hydrogen-bond donors (Lipinski definition) is 1. The number of benzene rings is 1. The maximum atomic E-state index is 12.1. The molecule has 2 amide bonds. The molecule has 0 saturated carbocycles. The Balaban J connectivity index is 1.70. The van der Waals surface area contributed by atoms with Crippen molar-refractivity contribution in [2.75, 3.05) is 32.7 Å². The predicted octanol–water partition coefficient (Wildman–Crippen LogP) is 0.775. The van der Waals surface area contributed by atoms with Crippen molar-refractivity contribution in [3.8, 4) is 0 Å². The minimum atomic E-state index is 0.0830. The summed E-state index contributed by atoms with van der Waals surface area (Å²) < 4.78 is 0. The van der Waals surface area contributed by atoms with Gasteiger partial charge in [-0.2, -0.15) is 0 Å². The SMILES string of the molecule is CC(=O)N1CCN(C(=O)CNCc2ccc(C)cc2)CC1. The molecule has 0 radical (unpaired) electrons. The van der Waals surface area contributed by atoms with Crippen LogP contribution in [0.3, 0.4) is 0 Å². The van der Waals surface area contributed by atoms with E-state index in [1.54, 1.807) is 11.8 Å². The molecule has 0 atom stereocenters. The zero-order valence-corrected chi connectivity index (χ0v) is 12.8. The van der Waals surface area contributed by atoms with Crippen molar-refractivity contribution in [2.45, 2.75) is 20.4 Å². The van der Waals surface area contributed by atoms with Gasteiger partial charge in [0.25, 0.3) is 0 Å². The lowest BCUT2D eigenvalue weighted by Gasteiger charge is -2.34. The number of carbonyl (C=O) groups excluding carboxylic acids is 2. The molecule has 1 aliphatic heterocycles. The highest BCUT2D eigenvalue weighted by Gasteiger charge is 2.21. The predicted molar refractivity (Wildman–Crippen MR) is 81.7 cm³/mol. The quantitative estimate of drug-likeness (QED) is 0.891. The molecule has 1 N–H and O–H groups in total. The Kier molecular flexibility index (Phi) is 5.33. The molecule has 1 aromatic rings. The maximum Gasteiger partial charge on any atom is 0.236 e. The van der Waals surface area contributed by atoms with E-state index in [-0.39, 0.29) is 11.8 Å². The Labute approximate surface area is 125 Å². The van der Waals surface area contributed by atoms with Crippen molar-refractivity contribution < 1.29 is 9.59 Å². The Morgan fingerprint density at radius 2 is 1.62 bits per heavy atom. The Bertz CT molecular complexity index is 491. The summed E-state index contributed by atoms with van der Waals surface area (Å²) in [5, 5.41) is 3.18. The van der Waals surface area contributed by atoms with Crippen LogP contribution in [-0.2, 0) is 16.1 Å². The van der Waals surface area contributed by atoms with Gasteiger partial charge in [-0.3, -0.25) is 9.59 Å². The van der Waals surface area contributed by atoms with E-state index in [9.17, 15) is 9.59 Å². The van der Waals surface area contributed by atoms with E-state index in [1.165, 1.54) is 11.1 Å². The summed E-state index contributed by atoms with van der Waals surface area (Å²) in [5.74, 6) is 0.185. The zero-order chi connectivity index (χ0) is 15.2. The van der Waals surface area contributed by atoms with Gasteiger partial charge in [-0.1, -0.05) is 29.8 Å². The Hall–Kier alpha value is -1.88. The summed E-state index contributed by atoms with van der Waals surface area (Å²) in [5.41, 5.74) is 2.41. The largest absolute Gasteiger partial charge is 0.339 e. The van der Waals surface area contributed by atoms with Crippen molar-refractivity contribution in [3.63, 3.8) is 0 Å². The van der Waals surface area contributed by atoms with E-state index >= 15 is 0 Å². The van der Waals surface area contributed by atoms with Crippen LogP contribution in [0.15, 0.2) is 24.3 Å². The first-order chi connectivity index (χ1) is 10.1. The van der Waals surface area contributed by atoms with Crippen LogP contribution >= 0.6 is 0 Å². The van der Waals surface area contributed by atoms with Gasteiger partial charge in [-0.05, 0) is 12.5 Å². The molecule has 5 nitrogen and oxygen atoms in total. The zero-order valence-electron chi connectivity index (χ0n) is 12.8. The molecule has 0 aromatic heterocycles. The fraction of sp³-hybridized carbons (Fsp3) is 0.500. The molecule has 1 aliphatic rings. The van der Waals surface area contributed by atoms with Gasteiger partial charge < -0.3 is 15.1 Å². The molecule has 114 valence electrons. The molecule has 1 aromatic carbocycles. The van der Waals surface area contributed by atoms with Gasteiger partial charge in [0, 0.05) is 39.6 Å². The summed E-state index contributed by atoms with van der Waals surface area (Å²) in [6.45, 7) is 7.20.